The Labute approximate surface area is 128 Å². The molecule has 0 saturated carbocycles. The van der Waals surface area contributed by atoms with Crippen LogP contribution in [0.25, 0.3) is 10.2 Å². The number of hydrogen-bond acceptors (Lipinski definition) is 6. The van der Waals surface area contributed by atoms with E-state index in [0.29, 0.717) is 11.9 Å². The first kappa shape index (κ1) is 15.4. The van der Waals surface area contributed by atoms with E-state index in [-0.39, 0.29) is 0 Å². The molecule has 2 heterocycles. The SMILES string of the molecule is CCNc1nc(NCC(C)CSC)c2cc(C)sc2n1. The highest BCUT2D eigenvalue weighted by molar-refractivity contribution is 7.98. The van der Waals surface area contributed by atoms with E-state index in [1.165, 1.54) is 4.88 Å². The van der Waals surface area contributed by atoms with Crippen LogP contribution in [0.5, 0.6) is 0 Å². The van der Waals surface area contributed by atoms with E-state index in [9.17, 15) is 0 Å². The van der Waals surface area contributed by atoms with E-state index >= 15 is 0 Å². The Balaban J connectivity index is 2.24. The topological polar surface area (TPSA) is 49.8 Å². The lowest BCUT2D eigenvalue weighted by Gasteiger charge is -2.13. The van der Waals surface area contributed by atoms with Crippen LogP contribution in [-0.4, -0.2) is 35.1 Å². The summed E-state index contributed by atoms with van der Waals surface area (Å²) >= 11 is 3.60. The van der Waals surface area contributed by atoms with Crippen LogP contribution in [0.4, 0.5) is 11.8 Å². The second-order valence-corrected chi connectivity index (χ2v) is 7.09. The smallest absolute Gasteiger partial charge is 0.226 e. The molecule has 110 valence electrons. The normalized spacial score (nSPS) is 12.6. The second-order valence-electron chi connectivity index (χ2n) is 4.94. The predicted octanol–water partition coefficient (Wildman–Crippen LogP) is 3.84. The molecular weight excluding hydrogens is 288 g/mol. The summed E-state index contributed by atoms with van der Waals surface area (Å²) in [6.07, 6.45) is 2.14. The molecule has 0 amide bonds. The van der Waals surface area contributed by atoms with Gasteiger partial charge in [0.2, 0.25) is 5.95 Å². The number of anilines is 2. The molecule has 0 aromatic carbocycles. The van der Waals surface area contributed by atoms with Crippen LogP contribution in [0.2, 0.25) is 0 Å². The number of thiophene rings is 1. The summed E-state index contributed by atoms with van der Waals surface area (Å²) in [6, 6.07) is 2.16. The van der Waals surface area contributed by atoms with Crippen LogP contribution in [0.15, 0.2) is 6.07 Å². The highest BCUT2D eigenvalue weighted by Gasteiger charge is 2.11. The quantitative estimate of drug-likeness (QED) is 0.813. The molecule has 20 heavy (non-hydrogen) atoms. The molecule has 6 heteroatoms. The van der Waals surface area contributed by atoms with E-state index in [0.717, 1.165) is 34.9 Å². The van der Waals surface area contributed by atoms with Gasteiger partial charge in [-0.15, -0.1) is 11.3 Å². The zero-order chi connectivity index (χ0) is 14.5. The number of nitrogens with zero attached hydrogens (tertiary/aromatic N) is 2. The molecule has 0 fully saturated rings. The van der Waals surface area contributed by atoms with Gasteiger partial charge in [0.05, 0.1) is 5.39 Å². The third-order valence-corrected chi connectivity index (χ3v) is 4.77. The van der Waals surface area contributed by atoms with Crippen LogP contribution in [0.3, 0.4) is 0 Å². The summed E-state index contributed by atoms with van der Waals surface area (Å²) < 4.78 is 0. The standard InChI is InChI=1S/C14H22N4S2/c1-5-15-14-17-12(16-7-9(2)8-19-4)11-6-10(3)20-13(11)18-14/h6,9H,5,7-8H2,1-4H3,(H2,15,16,17,18). The summed E-state index contributed by atoms with van der Waals surface area (Å²) in [5, 5.41) is 7.82. The van der Waals surface area contributed by atoms with Crippen molar-refractivity contribution in [3.05, 3.63) is 10.9 Å². The van der Waals surface area contributed by atoms with Gasteiger partial charge in [-0.05, 0) is 37.8 Å². The maximum Gasteiger partial charge on any atom is 0.226 e. The summed E-state index contributed by atoms with van der Waals surface area (Å²) in [5.41, 5.74) is 0. The lowest BCUT2D eigenvalue weighted by atomic mass is 10.2. The Morgan fingerprint density at radius 3 is 2.85 bits per heavy atom. The van der Waals surface area contributed by atoms with E-state index in [4.69, 9.17) is 0 Å². The number of thioether (sulfide) groups is 1. The van der Waals surface area contributed by atoms with Crippen LogP contribution in [0.1, 0.15) is 18.7 Å². The van der Waals surface area contributed by atoms with Crippen molar-refractivity contribution in [1.29, 1.82) is 0 Å². The second kappa shape index (κ2) is 7.13. The Hall–Kier alpha value is -1.01. The van der Waals surface area contributed by atoms with Gasteiger partial charge >= 0.3 is 0 Å². The molecule has 0 aliphatic rings. The Morgan fingerprint density at radius 2 is 2.15 bits per heavy atom. The van der Waals surface area contributed by atoms with Crippen LogP contribution in [-0.2, 0) is 0 Å². The Kier molecular flexibility index (Phi) is 5.48. The molecule has 0 aliphatic heterocycles. The third-order valence-electron chi connectivity index (χ3n) is 2.92. The van der Waals surface area contributed by atoms with Crippen molar-refractivity contribution in [2.75, 3.05) is 35.7 Å². The van der Waals surface area contributed by atoms with E-state index in [1.54, 1.807) is 11.3 Å². The summed E-state index contributed by atoms with van der Waals surface area (Å²) in [6.45, 7) is 8.19. The maximum absolute atomic E-state index is 4.60. The molecule has 2 aromatic heterocycles. The average Bonchev–Trinajstić information content (AvgIpc) is 2.77. The van der Waals surface area contributed by atoms with Crippen molar-refractivity contribution in [2.24, 2.45) is 5.92 Å². The minimum absolute atomic E-state index is 0.623. The molecule has 1 unspecified atom stereocenters. The van der Waals surface area contributed by atoms with Gasteiger partial charge in [0.25, 0.3) is 0 Å². The monoisotopic (exact) mass is 310 g/mol. The van der Waals surface area contributed by atoms with E-state index in [1.807, 2.05) is 11.8 Å². The largest absolute Gasteiger partial charge is 0.369 e. The maximum atomic E-state index is 4.60. The predicted molar refractivity (Wildman–Crippen MR) is 92.4 cm³/mol. The fraction of sp³-hybridized carbons (Fsp3) is 0.571. The van der Waals surface area contributed by atoms with Crippen molar-refractivity contribution in [3.8, 4) is 0 Å². The molecular formula is C14H22N4S2. The van der Waals surface area contributed by atoms with E-state index in [2.05, 4.69) is 53.7 Å². The van der Waals surface area contributed by atoms with Crippen molar-refractivity contribution in [2.45, 2.75) is 20.8 Å². The number of rotatable bonds is 7. The first-order valence-corrected chi connectivity index (χ1v) is 9.10. The zero-order valence-corrected chi connectivity index (χ0v) is 14.1. The minimum Gasteiger partial charge on any atom is -0.369 e. The first-order valence-electron chi connectivity index (χ1n) is 6.89. The lowest BCUT2D eigenvalue weighted by Crippen LogP contribution is -2.15. The molecule has 2 N–H and O–H groups in total. The highest BCUT2D eigenvalue weighted by Crippen LogP contribution is 2.29. The Morgan fingerprint density at radius 1 is 1.35 bits per heavy atom. The van der Waals surface area contributed by atoms with Gasteiger partial charge in [0, 0.05) is 18.0 Å². The summed E-state index contributed by atoms with van der Waals surface area (Å²) in [4.78, 5) is 11.5. The van der Waals surface area contributed by atoms with Crippen molar-refractivity contribution in [1.82, 2.24) is 9.97 Å². The molecule has 0 bridgehead atoms. The molecule has 0 aliphatic carbocycles. The molecule has 0 radical (unpaired) electrons. The zero-order valence-electron chi connectivity index (χ0n) is 12.5. The van der Waals surface area contributed by atoms with Crippen LogP contribution in [0, 0.1) is 12.8 Å². The van der Waals surface area contributed by atoms with Crippen molar-refractivity contribution >= 4 is 45.1 Å². The number of fused-ring (bicyclic) bond motifs is 1. The first-order chi connectivity index (χ1) is 9.63. The van der Waals surface area contributed by atoms with Crippen LogP contribution >= 0.6 is 23.1 Å². The van der Waals surface area contributed by atoms with Gasteiger partial charge in [0.15, 0.2) is 0 Å². The molecule has 4 nitrogen and oxygen atoms in total. The third kappa shape index (κ3) is 3.76. The average molecular weight is 310 g/mol. The fourth-order valence-corrected chi connectivity index (χ4v) is 3.59. The summed E-state index contributed by atoms with van der Waals surface area (Å²) in [5.74, 6) is 3.44. The molecule has 2 rings (SSSR count). The lowest BCUT2D eigenvalue weighted by molar-refractivity contribution is 0.700. The molecule has 0 spiro atoms. The molecule has 1 atom stereocenters. The summed E-state index contributed by atoms with van der Waals surface area (Å²) in [7, 11) is 0. The minimum atomic E-state index is 0.623. The van der Waals surface area contributed by atoms with E-state index < -0.39 is 0 Å². The Bertz CT molecular complexity index is 568. The van der Waals surface area contributed by atoms with Gasteiger partial charge in [-0.1, -0.05) is 6.92 Å². The molecule has 2 aromatic rings. The number of hydrogen-bond donors (Lipinski definition) is 2. The number of aryl methyl sites for hydroxylation is 1. The van der Waals surface area contributed by atoms with Gasteiger partial charge < -0.3 is 10.6 Å². The van der Waals surface area contributed by atoms with Gasteiger partial charge in [-0.25, -0.2) is 4.98 Å². The van der Waals surface area contributed by atoms with Gasteiger partial charge in [-0.2, -0.15) is 16.7 Å². The molecule has 0 saturated heterocycles. The van der Waals surface area contributed by atoms with Crippen LogP contribution < -0.4 is 10.6 Å². The van der Waals surface area contributed by atoms with Gasteiger partial charge in [-0.3, -0.25) is 0 Å². The highest BCUT2D eigenvalue weighted by atomic mass is 32.2. The van der Waals surface area contributed by atoms with Gasteiger partial charge in [0.1, 0.15) is 10.6 Å². The van der Waals surface area contributed by atoms with Crippen molar-refractivity contribution < 1.29 is 0 Å². The fourth-order valence-electron chi connectivity index (χ4n) is 2.03. The van der Waals surface area contributed by atoms with Crippen molar-refractivity contribution in [3.63, 3.8) is 0 Å². The number of nitrogens with one attached hydrogen (secondary N) is 2. The number of aromatic nitrogens is 2.